The van der Waals surface area contributed by atoms with Crippen molar-refractivity contribution in [3.63, 3.8) is 0 Å². The topological polar surface area (TPSA) is 3.24 Å². The van der Waals surface area contributed by atoms with Gasteiger partial charge in [-0.05, 0) is 125 Å². The Morgan fingerprint density at radius 3 is 1.13 bits per heavy atom. The van der Waals surface area contributed by atoms with Crippen molar-refractivity contribution in [1.29, 1.82) is 0 Å². The molecule has 0 heterocycles. The molecule has 0 saturated heterocycles. The molecule has 0 atom stereocenters. The van der Waals surface area contributed by atoms with E-state index in [1.165, 1.54) is 89.0 Å². The fourth-order valence-corrected chi connectivity index (χ4v) is 10.3. The number of nitrogens with zero attached hydrogens (tertiary/aromatic N) is 1. The van der Waals surface area contributed by atoms with Crippen molar-refractivity contribution in [2.45, 2.75) is 38.5 Å². The summed E-state index contributed by atoms with van der Waals surface area (Å²) in [5.74, 6) is 0. The minimum atomic E-state index is -0.133. The highest BCUT2D eigenvalue weighted by molar-refractivity contribution is 5.95. The average Bonchev–Trinajstić information content (AvgIpc) is 3.68. The van der Waals surface area contributed by atoms with Gasteiger partial charge in [-0.15, -0.1) is 0 Å². The maximum Gasteiger partial charge on any atom is 0.0468 e. The van der Waals surface area contributed by atoms with Crippen molar-refractivity contribution in [2.75, 3.05) is 4.90 Å². The third-order valence-corrected chi connectivity index (χ3v) is 13.5. The van der Waals surface area contributed by atoms with Crippen molar-refractivity contribution in [2.24, 2.45) is 0 Å². The van der Waals surface area contributed by atoms with Gasteiger partial charge in [-0.3, -0.25) is 0 Å². The van der Waals surface area contributed by atoms with Crippen LogP contribution in [0.1, 0.15) is 49.9 Å². The van der Waals surface area contributed by atoms with Gasteiger partial charge in [-0.1, -0.05) is 204 Å². The predicted octanol–water partition coefficient (Wildman–Crippen LogP) is 16.4. The molecule has 0 spiro atoms. The number of rotatable bonds is 7. The summed E-state index contributed by atoms with van der Waals surface area (Å²) in [4.78, 5) is 2.49. The summed E-state index contributed by atoms with van der Waals surface area (Å²) in [7, 11) is 0. The SMILES string of the molecule is CC1(C)c2ccccc2-c2ccc(N(c3ccc(-c4ccccc4-c4ccccc4)c(-c4ccc(-c5ccccc5)cc4)c3)c3ccc4c(c3)C(C)(C)c3ccccc3-4)cc21. The highest BCUT2D eigenvalue weighted by atomic mass is 15.1. The van der Waals surface area contributed by atoms with Crippen LogP contribution in [-0.4, -0.2) is 0 Å². The zero-order valence-electron chi connectivity index (χ0n) is 35.2. The van der Waals surface area contributed by atoms with E-state index >= 15 is 0 Å². The van der Waals surface area contributed by atoms with E-state index in [2.05, 4.69) is 245 Å². The number of anilines is 3. The largest absolute Gasteiger partial charge is 0.310 e. The molecular formula is C60H47N. The average molecular weight is 782 g/mol. The van der Waals surface area contributed by atoms with Gasteiger partial charge in [0.2, 0.25) is 0 Å². The predicted molar refractivity (Wildman–Crippen MR) is 258 cm³/mol. The lowest BCUT2D eigenvalue weighted by Gasteiger charge is -2.30. The Morgan fingerprint density at radius 2 is 0.590 bits per heavy atom. The second-order valence-corrected chi connectivity index (χ2v) is 17.7. The first kappa shape index (κ1) is 36.8. The second kappa shape index (κ2) is 14.2. The van der Waals surface area contributed by atoms with E-state index < -0.39 is 0 Å². The molecule has 0 amide bonds. The van der Waals surface area contributed by atoms with Gasteiger partial charge in [0.25, 0.3) is 0 Å². The molecular weight excluding hydrogens is 735 g/mol. The summed E-state index contributed by atoms with van der Waals surface area (Å²) in [6.45, 7) is 9.49. The molecule has 0 fully saturated rings. The fraction of sp³-hybridized carbons (Fsp3) is 0.100. The van der Waals surface area contributed by atoms with Gasteiger partial charge in [0, 0.05) is 27.9 Å². The Kier molecular flexibility index (Phi) is 8.58. The molecule has 9 aromatic rings. The van der Waals surface area contributed by atoms with Crippen molar-refractivity contribution >= 4 is 17.1 Å². The molecule has 2 aliphatic rings. The number of hydrogen-bond acceptors (Lipinski definition) is 1. The van der Waals surface area contributed by atoms with E-state index in [4.69, 9.17) is 0 Å². The summed E-state index contributed by atoms with van der Waals surface area (Å²) in [5.41, 5.74) is 23.6. The Bertz CT molecular complexity index is 3010. The molecule has 2 aliphatic carbocycles. The van der Waals surface area contributed by atoms with Gasteiger partial charge in [0.15, 0.2) is 0 Å². The standard InChI is InChI=1S/C60H47N/c1-59(2)55-25-15-13-23-50(55)52-35-32-45(38-57(52)59)61(46-33-36-53-51-24-14-16-26-56(51)60(3,4)58(53)39-46)44-31-34-49(48-22-12-11-21-47(48)42-19-9-6-10-20-42)54(37-44)43-29-27-41(28-30-43)40-17-7-5-8-18-40/h5-39H,1-4H3. The molecule has 0 radical (unpaired) electrons. The van der Waals surface area contributed by atoms with Gasteiger partial charge >= 0.3 is 0 Å². The minimum absolute atomic E-state index is 0.133. The van der Waals surface area contributed by atoms with E-state index in [-0.39, 0.29) is 10.8 Å². The van der Waals surface area contributed by atoms with Crippen LogP contribution in [0.4, 0.5) is 17.1 Å². The van der Waals surface area contributed by atoms with Gasteiger partial charge in [-0.25, -0.2) is 0 Å². The lowest BCUT2D eigenvalue weighted by molar-refractivity contribution is 0.660. The molecule has 1 nitrogen and oxygen atoms in total. The smallest absolute Gasteiger partial charge is 0.0468 e. The molecule has 1 heteroatoms. The second-order valence-electron chi connectivity index (χ2n) is 17.7. The third-order valence-electron chi connectivity index (χ3n) is 13.5. The third kappa shape index (κ3) is 5.99. The van der Waals surface area contributed by atoms with Crippen molar-refractivity contribution in [3.05, 3.63) is 235 Å². The van der Waals surface area contributed by atoms with Crippen molar-refractivity contribution in [3.8, 4) is 66.8 Å². The lowest BCUT2D eigenvalue weighted by atomic mass is 9.82. The van der Waals surface area contributed by atoms with Gasteiger partial charge < -0.3 is 4.90 Å². The molecule has 0 N–H and O–H groups in total. The summed E-state index contributed by atoms with van der Waals surface area (Å²) in [6.07, 6.45) is 0. The molecule has 0 aliphatic heterocycles. The van der Waals surface area contributed by atoms with Crippen LogP contribution in [-0.2, 0) is 10.8 Å². The van der Waals surface area contributed by atoms with Gasteiger partial charge in [0.1, 0.15) is 0 Å². The Hall–Kier alpha value is -7.22. The first-order chi connectivity index (χ1) is 29.8. The molecule has 0 aromatic heterocycles. The molecule has 0 unspecified atom stereocenters. The van der Waals surface area contributed by atoms with E-state index in [1.54, 1.807) is 0 Å². The number of hydrogen-bond donors (Lipinski definition) is 0. The molecule has 292 valence electrons. The van der Waals surface area contributed by atoms with Crippen molar-refractivity contribution in [1.82, 2.24) is 0 Å². The van der Waals surface area contributed by atoms with Crippen LogP contribution in [0.3, 0.4) is 0 Å². The Labute approximate surface area is 360 Å². The van der Waals surface area contributed by atoms with E-state index in [0.717, 1.165) is 17.1 Å². The van der Waals surface area contributed by atoms with E-state index in [0.29, 0.717) is 0 Å². The highest BCUT2D eigenvalue weighted by Gasteiger charge is 2.38. The summed E-state index contributed by atoms with van der Waals surface area (Å²) >= 11 is 0. The van der Waals surface area contributed by atoms with E-state index in [1.807, 2.05) is 0 Å². The normalized spacial score (nSPS) is 13.8. The molecule has 0 bridgehead atoms. The molecule has 61 heavy (non-hydrogen) atoms. The quantitative estimate of drug-likeness (QED) is 0.156. The van der Waals surface area contributed by atoms with Gasteiger partial charge in [0.05, 0.1) is 0 Å². The monoisotopic (exact) mass is 781 g/mol. The number of benzene rings is 9. The Balaban J connectivity index is 1.13. The maximum atomic E-state index is 2.49. The van der Waals surface area contributed by atoms with Crippen LogP contribution in [0.2, 0.25) is 0 Å². The molecule has 9 aromatic carbocycles. The molecule has 0 saturated carbocycles. The lowest BCUT2D eigenvalue weighted by Crippen LogP contribution is -2.18. The molecule has 11 rings (SSSR count). The zero-order chi connectivity index (χ0) is 41.3. The first-order valence-corrected chi connectivity index (χ1v) is 21.5. The van der Waals surface area contributed by atoms with Gasteiger partial charge in [-0.2, -0.15) is 0 Å². The van der Waals surface area contributed by atoms with E-state index in [9.17, 15) is 0 Å². The van der Waals surface area contributed by atoms with Crippen LogP contribution in [0, 0.1) is 0 Å². The minimum Gasteiger partial charge on any atom is -0.310 e. The zero-order valence-corrected chi connectivity index (χ0v) is 35.2. The van der Waals surface area contributed by atoms with Crippen LogP contribution < -0.4 is 4.90 Å². The van der Waals surface area contributed by atoms with Crippen LogP contribution in [0.15, 0.2) is 212 Å². The maximum absolute atomic E-state index is 2.49. The van der Waals surface area contributed by atoms with Crippen LogP contribution in [0.25, 0.3) is 66.8 Å². The summed E-state index contributed by atoms with van der Waals surface area (Å²) < 4.78 is 0. The summed E-state index contributed by atoms with van der Waals surface area (Å²) in [5, 5.41) is 0. The number of fused-ring (bicyclic) bond motifs is 6. The summed E-state index contributed by atoms with van der Waals surface area (Å²) in [6, 6.07) is 78.6. The first-order valence-electron chi connectivity index (χ1n) is 21.5. The highest BCUT2D eigenvalue weighted by Crippen LogP contribution is 2.53. The fourth-order valence-electron chi connectivity index (χ4n) is 10.3. The van der Waals surface area contributed by atoms with Crippen LogP contribution in [0.5, 0.6) is 0 Å². The van der Waals surface area contributed by atoms with Crippen LogP contribution >= 0.6 is 0 Å². The van der Waals surface area contributed by atoms with Crippen molar-refractivity contribution < 1.29 is 0 Å². The Morgan fingerprint density at radius 1 is 0.246 bits per heavy atom.